The number of carbonyl (C=O) groups is 2. The molecule has 5 nitrogen and oxygen atoms in total. The van der Waals surface area contributed by atoms with Crippen LogP contribution in [-0.2, 0) is 9.59 Å². The largest absolute Gasteiger partial charge is 0.370 e. The second-order valence-corrected chi connectivity index (χ2v) is 4.56. The minimum Gasteiger partial charge on any atom is -0.370 e. The lowest BCUT2D eigenvalue weighted by atomic mass is 9.74. The molecule has 1 saturated carbocycles. The third-order valence-electron chi connectivity index (χ3n) is 3.35. The number of nitrogens with one attached hydrogen (secondary N) is 2. The first-order valence-electron chi connectivity index (χ1n) is 5.45. The molecule has 1 saturated heterocycles. The van der Waals surface area contributed by atoms with Crippen LogP contribution in [0.5, 0.6) is 0 Å². The fraction of sp³-hybridized carbons (Fsp3) is 0.800. The number of hydrogen-bond donors (Lipinski definition) is 3. The van der Waals surface area contributed by atoms with Crippen molar-refractivity contribution in [2.24, 2.45) is 5.73 Å². The standard InChI is InChI=1S/C10H17N3O2/c11-8(14)6-10(3-1-4-10)13-9(15)7-2-5-12-7/h7,12H,1-6H2,(H2,11,14)(H,13,15)/t7-/m1/s1. The van der Waals surface area contributed by atoms with Crippen LogP contribution in [0.1, 0.15) is 32.1 Å². The Bertz CT molecular complexity index is 282. The summed E-state index contributed by atoms with van der Waals surface area (Å²) in [6, 6.07) is -0.0599. The molecule has 2 amide bonds. The fourth-order valence-corrected chi connectivity index (χ4v) is 2.14. The summed E-state index contributed by atoms with van der Waals surface area (Å²) in [6.45, 7) is 0.904. The number of carbonyl (C=O) groups excluding carboxylic acids is 2. The van der Waals surface area contributed by atoms with E-state index in [9.17, 15) is 9.59 Å². The molecule has 2 fully saturated rings. The smallest absolute Gasteiger partial charge is 0.237 e. The van der Waals surface area contributed by atoms with Crippen molar-refractivity contribution < 1.29 is 9.59 Å². The minimum absolute atomic E-state index is 0.0159. The summed E-state index contributed by atoms with van der Waals surface area (Å²) < 4.78 is 0. The van der Waals surface area contributed by atoms with E-state index in [-0.39, 0.29) is 29.8 Å². The molecule has 1 atom stereocenters. The summed E-state index contributed by atoms with van der Waals surface area (Å²) >= 11 is 0. The van der Waals surface area contributed by atoms with Crippen molar-refractivity contribution in [1.29, 1.82) is 0 Å². The molecule has 1 aliphatic carbocycles. The maximum Gasteiger partial charge on any atom is 0.237 e. The maximum atomic E-state index is 11.7. The van der Waals surface area contributed by atoms with E-state index in [0.29, 0.717) is 0 Å². The van der Waals surface area contributed by atoms with Gasteiger partial charge in [-0.2, -0.15) is 0 Å². The van der Waals surface area contributed by atoms with E-state index in [1.165, 1.54) is 0 Å². The SMILES string of the molecule is NC(=O)CC1(NC(=O)[C@H]2CCN2)CCC1. The average molecular weight is 211 g/mol. The van der Waals surface area contributed by atoms with Crippen LogP contribution < -0.4 is 16.4 Å². The van der Waals surface area contributed by atoms with E-state index in [0.717, 1.165) is 32.2 Å². The van der Waals surface area contributed by atoms with Crippen molar-refractivity contribution in [2.75, 3.05) is 6.54 Å². The molecular weight excluding hydrogens is 194 g/mol. The normalized spacial score (nSPS) is 27.3. The van der Waals surface area contributed by atoms with E-state index in [1.807, 2.05) is 0 Å². The van der Waals surface area contributed by atoms with E-state index in [4.69, 9.17) is 5.73 Å². The van der Waals surface area contributed by atoms with Gasteiger partial charge in [-0.05, 0) is 32.2 Å². The topological polar surface area (TPSA) is 84.2 Å². The van der Waals surface area contributed by atoms with Gasteiger partial charge in [0.15, 0.2) is 0 Å². The molecule has 0 aromatic heterocycles. The zero-order valence-corrected chi connectivity index (χ0v) is 8.71. The van der Waals surface area contributed by atoms with Gasteiger partial charge in [0.25, 0.3) is 0 Å². The minimum atomic E-state index is -0.337. The number of rotatable bonds is 4. The van der Waals surface area contributed by atoms with Gasteiger partial charge in [-0.15, -0.1) is 0 Å². The van der Waals surface area contributed by atoms with E-state index in [2.05, 4.69) is 10.6 Å². The molecule has 1 heterocycles. The van der Waals surface area contributed by atoms with Crippen LogP contribution in [0.2, 0.25) is 0 Å². The Balaban J connectivity index is 1.89. The highest BCUT2D eigenvalue weighted by Crippen LogP contribution is 2.34. The fourth-order valence-electron chi connectivity index (χ4n) is 2.14. The summed E-state index contributed by atoms with van der Waals surface area (Å²) in [5, 5.41) is 6.00. The molecule has 4 N–H and O–H groups in total. The monoisotopic (exact) mass is 211 g/mol. The number of primary amides is 1. The van der Waals surface area contributed by atoms with Crippen LogP contribution in [0, 0.1) is 0 Å². The zero-order chi connectivity index (χ0) is 10.9. The van der Waals surface area contributed by atoms with Gasteiger partial charge in [-0.1, -0.05) is 0 Å². The lowest BCUT2D eigenvalue weighted by Gasteiger charge is -2.43. The third-order valence-corrected chi connectivity index (χ3v) is 3.35. The van der Waals surface area contributed by atoms with Gasteiger partial charge >= 0.3 is 0 Å². The van der Waals surface area contributed by atoms with Gasteiger partial charge in [-0.3, -0.25) is 9.59 Å². The number of amides is 2. The number of nitrogens with two attached hydrogens (primary N) is 1. The zero-order valence-electron chi connectivity index (χ0n) is 8.71. The van der Waals surface area contributed by atoms with Crippen molar-refractivity contribution in [3.63, 3.8) is 0 Å². The summed E-state index contributed by atoms with van der Waals surface area (Å²) in [5.74, 6) is -0.321. The lowest BCUT2D eigenvalue weighted by molar-refractivity contribution is -0.129. The molecule has 0 spiro atoms. The van der Waals surface area contributed by atoms with E-state index < -0.39 is 0 Å². The second kappa shape index (κ2) is 3.81. The summed E-state index contributed by atoms with van der Waals surface area (Å²) in [4.78, 5) is 22.6. The van der Waals surface area contributed by atoms with Crippen LogP contribution in [0.4, 0.5) is 0 Å². The molecule has 0 bridgehead atoms. The Morgan fingerprint density at radius 3 is 2.47 bits per heavy atom. The van der Waals surface area contributed by atoms with Gasteiger partial charge in [0, 0.05) is 12.0 Å². The highest BCUT2D eigenvalue weighted by Gasteiger charge is 2.41. The average Bonchev–Trinajstić information content (AvgIpc) is 1.95. The van der Waals surface area contributed by atoms with Gasteiger partial charge < -0.3 is 16.4 Å². The molecular formula is C10H17N3O2. The highest BCUT2D eigenvalue weighted by molar-refractivity contribution is 5.84. The van der Waals surface area contributed by atoms with Crippen molar-refractivity contribution in [2.45, 2.75) is 43.7 Å². The van der Waals surface area contributed by atoms with Gasteiger partial charge in [0.05, 0.1) is 6.04 Å². The molecule has 5 heteroatoms. The van der Waals surface area contributed by atoms with Crippen LogP contribution in [-0.4, -0.2) is 29.9 Å². The maximum absolute atomic E-state index is 11.7. The molecule has 0 radical (unpaired) electrons. The molecule has 2 aliphatic rings. The third kappa shape index (κ3) is 2.12. The molecule has 0 aromatic carbocycles. The molecule has 2 rings (SSSR count). The molecule has 0 unspecified atom stereocenters. The molecule has 0 aromatic rings. The van der Waals surface area contributed by atoms with Crippen molar-refractivity contribution in [3.8, 4) is 0 Å². The van der Waals surface area contributed by atoms with Crippen LogP contribution in [0.25, 0.3) is 0 Å². The van der Waals surface area contributed by atoms with Crippen LogP contribution in [0.3, 0.4) is 0 Å². The van der Waals surface area contributed by atoms with Crippen molar-refractivity contribution in [1.82, 2.24) is 10.6 Å². The lowest BCUT2D eigenvalue weighted by Crippen LogP contribution is -2.62. The number of hydrogen-bond acceptors (Lipinski definition) is 3. The molecule has 84 valence electrons. The first kappa shape index (κ1) is 10.4. The Morgan fingerprint density at radius 1 is 1.47 bits per heavy atom. The summed E-state index contributed by atoms with van der Waals surface area (Å²) in [5.41, 5.74) is 4.85. The second-order valence-electron chi connectivity index (χ2n) is 4.56. The Hall–Kier alpha value is -1.10. The van der Waals surface area contributed by atoms with Crippen LogP contribution in [0.15, 0.2) is 0 Å². The predicted molar refractivity (Wildman–Crippen MR) is 54.9 cm³/mol. The van der Waals surface area contributed by atoms with Gasteiger partial charge in [-0.25, -0.2) is 0 Å². The predicted octanol–water partition coefficient (Wildman–Crippen LogP) is -0.737. The quantitative estimate of drug-likeness (QED) is 0.573. The highest BCUT2D eigenvalue weighted by atomic mass is 16.2. The van der Waals surface area contributed by atoms with E-state index in [1.54, 1.807) is 0 Å². The summed E-state index contributed by atoms with van der Waals surface area (Å²) in [7, 11) is 0. The Kier molecular flexibility index (Phi) is 2.65. The van der Waals surface area contributed by atoms with Crippen molar-refractivity contribution >= 4 is 11.8 Å². The molecule has 15 heavy (non-hydrogen) atoms. The van der Waals surface area contributed by atoms with Gasteiger partial charge in [0.2, 0.25) is 11.8 Å². The summed E-state index contributed by atoms with van der Waals surface area (Å²) in [6.07, 6.45) is 3.96. The van der Waals surface area contributed by atoms with Crippen LogP contribution >= 0.6 is 0 Å². The van der Waals surface area contributed by atoms with Gasteiger partial charge in [0.1, 0.15) is 0 Å². The first-order valence-corrected chi connectivity index (χ1v) is 5.45. The molecule has 1 aliphatic heterocycles. The van der Waals surface area contributed by atoms with Crippen molar-refractivity contribution in [3.05, 3.63) is 0 Å². The Labute approximate surface area is 88.8 Å². The van der Waals surface area contributed by atoms with E-state index >= 15 is 0 Å². The first-order chi connectivity index (χ1) is 7.11. The Morgan fingerprint density at radius 2 is 2.13 bits per heavy atom.